The van der Waals surface area contributed by atoms with E-state index in [1.165, 1.54) is 0 Å². The van der Waals surface area contributed by atoms with Crippen LogP contribution in [0.15, 0.2) is 48.5 Å². The number of nitrogens with zero attached hydrogens (tertiary/aromatic N) is 1. The van der Waals surface area contributed by atoms with E-state index in [-0.39, 0.29) is 19.2 Å². The molecule has 1 unspecified atom stereocenters. The predicted molar refractivity (Wildman–Crippen MR) is 114 cm³/mol. The average molecular weight is 435 g/mol. The van der Waals surface area contributed by atoms with Crippen molar-refractivity contribution >= 4 is 21.6 Å². The van der Waals surface area contributed by atoms with E-state index in [1.807, 2.05) is 25.1 Å². The number of fused-ring (bicyclic) bond motifs is 1. The van der Waals surface area contributed by atoms with E-state index in [1.54, 1.807) is 30.3 Å². The first-order chi connectivity index (χ1) is 14.4. The molecule has 0 aliphatic carbocycles. The van der Waals surface area contributed by atoms with Gasteiger partial charge in [-0.1, -0.05) is 19.1 Å². The van der Waals surface area contributed by atoms with Gasteiger partial charge in [0.05, 0.1) is 25.1 Å². The summed E-state index contributed by atoms with van der Waals surface area (Å²) in [5.74, 6) is 1.49. The van der Waals surface area contributed by atoms with Crippen molar-refractivity contribution in [3.05, 3.63) is 48.5 Å². The fourth-order valence-electron chi connectivity index (χ4n) is 2.91. The fraction of sp³-hybridized carbons (Fsp3) is 0.381. The molecule has 3 rings (SSSR count). The molecule has 9 heteroatoms. The Kier molecular flexibility index (Phi) is 7.04. The van der Waals surface area contributed by atoms with E-state index >= 15 is 0 Å². The molecular formula is C21H26N2O6S. The van der Waals surface area contributed by atoms with E-state index < -0.39 is 15.9 Å². The van der Waals surface area contributed by atoms with Crippen LogP contribution in [0.3, 0.4) is 0 Å². The highest BCUT2D eigenvalue weighted by molar-refractivity contribution is 7.92. The van der Waals surface area contributed by atoms with Crippen molar-refractivity contribution in [1.82, 2.24) is 5.32 Å². The van der Waals surface area contributed by atoms with Crippen LogP contribution in [0.5, 0.6) is 17.2 Å². The molecule has 1 N–H and O–H groups in total. The van der Waals surface area contributed by atoms with Crippen LogP contribution >= 0.6 is 0 Å². The molecule has 30 heavy (non-hydrogen) atoms. The van der Waals surface area contributed by atoms with Gasteiger partial charge in [-0.25, -0.2) is 8.42 Å². The number of rotatable bonds is 9. The minimum Gasteiger partial charge on any atom is -0.494 e. The lowest BCUT2D eigenvalue weighted by Gasteiger charge is -2.27. The number of hydrogen-bond acceptors (Lipinski definition) is 6. The summed E-state index contributed by atoms with van der Waals surface area (Å²) in [7, 11) is -3.65. The number of anilines is 1. The number of carbonyl (C=O) groups is 1. The second-order valence-corrected chi connectivity index (χ2v) is 8.82. The van der Waals surface area contributed by atoms with Gasteiger partial charge in [-0.15, -0.1) is 0 Å². The summed E-state index contributed by atoms with van der Waals surface area (Å²) in [5.41, 5.74) is 0.391. The monoisotopic (exact) mass is 434 g/mol. The van der Waals surface area contributed by atoms with Gasteiger partial charge >= 0.3 is 0 Å². The molecular weight excluding hydrogens is 408 g/mol. The molecule has 2 aromatic rings. The molecule has 8 nitrogen and oxygen atoms in total. The highest BCUT2D eigenvalue weighted by atomic mass is 32.2. The van der Waals surface area contributed by atoms with Gasteiger partial charge in [0.1, 0.15) is 25.0 Å². The summed E-state index contributed by atoms with van der Waals surface area (Å²) in [5, 5.41) is 2.72. The average Bonchev–Trinajstić information content (AvgIpc) is 2.74. The van der Waals surface area contributed by atoms with Crippen LogP contribution in [0.25, 0.3) is 0 Å². The standard InChI is InChI=1S/C21H26N2O6S/c1-3-12-27-17-10-8-16(9-11-17)23(30(2,25)26)14-21(24)22-13-18-15-28-19-6-4-5-7-20(19)29-18/h4-11,18H,3,12-15H2,1-2H3,(H,22,24). The highest BCUT2D eigenvalue weighted by Crippen LogP contribution is 2.30. The number of para-hydroxylation sites is 2. The first kappa shape index (κ1) is 21.8. The molecule has 0 saturated heterocycles. The second-order valence-electron chi connectivity index (χ2n) is 6.91. The number of sulfonamides is 1. The third-order valence-corrected chi connectivity index (χ3v) is 5.52. The van der Waals surface area contributed by atoms with Gasteiger partial charge in [-0.3, -0.25) is 9.10 Å². The molecule has 1 amide bonds. The maximum absolute atomic E-state index is 12.4. The largest absolute Gasteiger partial charge is 0.494 e. The molecule has 0 saturated carbocycles. The van der Waals surface area contributed by atoms with Gasteiger partial charge in [-0.05, 0) is 42.8 Å². The molecule has 0 radical (unpaired) electrons. The minimum absolute atomic E-state index is 0.203. The van der Waals surface area contributed by atoms with Crippen molar-refractivity contribution < 1.29 is 27.4 Å². The molecule has 1 atom stereocenters. The summed E-state index contributed by atoms with van der Waals surface area (Å²) in [4.78, 5) is 12.4. The third-order valence-electron chi connectivity index (χ3n) is 4.38. The Morgan fingerprint density at radius 3 is 2.53 bits per heavy atom. The SMILES string of the molecule is CCCOc1ccc(N(CC(=O)NCC2COc3ccccc3O2)S(C)(=O)=O)cc1. The Labute approximate surface area is 176 Å². The van der Waals surface area contributed by atoms with Crippen molar-refractivity contribution in [2.45, 2.75) is 19.4 Å². The minimum atomic E-state index is -3.65. The van der Waals surface area contributed by atoms with Crippen LogP contribution in [0.2, 0.25) is 0 Å². The molecule has 0 bridgehead atoms. The topological polar surface area (TPSA) is 94.2 Å². The van der Waals surface area contributed by atoms with E-state index in [0.717, 1.165) is 17.0 Å². The Balaban J connectivity index is 1.58. The first-order valence-corrected chi connectivity index (χ1v) is 11.6. The number of hydrogen-bond donors (Lipinski definition) is 1. The molecule has 2 aromatic carbocycles. The smallest absolute Gasteiger partial charge is 0.240 e. The molecule has 0 fully saturated rings. The lowest BCUT2D eigenvalue weighted by atomic mass is 10.2. The summed E-state index contributed by atoms with van der Waals surface area (Å²) < 4.78 is 42.5. The van der Waals surface area contributed by atoms with Crippen LogP contribution in [0.4, 0.5) is 5.69 Å². The lowest BCUT2D eigenvalue weighted by Crippen LogP contribution is -2.45. The van der Waals surface area contributed by atoms with Crippen molar-refractivity contribution in [2.75, 3.05) is 36.9 Å². The van der Waals surface area contributed by atoms with Crippen molar-refractivity contribution in [3.63, 3.8) is 0 Å². The van der Waals surface area contributed by atoms with E-state index in [0.29, 0.717) is 36.1 Å². The molecule has 162 valence electrons. The summed E-state index contributed by atoms with van der Waals surface area (Å²) in [6.07, 6.45) is 1.58. The quantitative estimate of drug-likeness (QED) is 0.650. The van der Waals surface area contributed by atoms with Gasteiger partial charge < -0.3 is 19.5 Å². The second kappa shape index (κ2) is 9.71. The van der Waals surface area contributed by atoms with Crippen molar-refractivity contribution in [2.24, 2.45) is 0 Å². The van der Waals surface area contributed by atoms with E-state index in [2.05, 4.69) is 5.32 Å². The van der Waals surface area contributed by atoms with Gasteiger partial charge in [0.25, 0.3) is 0 Å². The number of ether oxygens (including phenoxy) is 3. The summed E-state index contributed by atoms with van der Waals surface area (Å²) in [6.45, 7) is 2.75. The van der Waals surface area contributed by atoms with Crippen molar-refractivity contribution in [3.8, 4) is 17.2 Å². The zero-order valence-electron chi connectivity index (χ0n) is 17.0. The van der Waals surface area contributed by atoms with E-state index in [9.17, 15) is 13.2 Å². The van der Waals surface area contributed by atoms with Gasteiger partial charge in [-0.2, -0.15) is 0 Å². The Bertz CT molecular complexity index is 962. The number of carbonyl (C=O) groups excluding carboxylic acids is 1. The van der Waals surface area contributed by atoms with Crippen LogP contribution in [0.1, 0.15) is 13.3 Å². The zero-order valence-corrected chi connectivity index (χ0v) is 17.9. The number of amides is 1. The maximum Gasteiger partial charge on any atom is 0.240 e. The third kappa shape index (κ3) is 5.79. The Morgan fingerprint density at radius 1 is 1.17 bits per heavy atom. The van der Waals surface area contributed by atoms with Gasteiger partial charge in [0, 0.05) is 0 Å². The summed E-state index contributed by atoms with van der Waals surface area (Å²) >= 11 is 0. The zero-order chi connectivity index (χ0) is 21.6. The summed E-state index contributed by atoms with van der Waals surface area (Å²) in [6, 6.07) is 13.9. The Morgan fingerprint density at radius 2 is 1.87 bits per heavy atom. The van der Waals surface area contributed by atoms with E-state index in [4.69, 9.17) is 14.2 Å². The first-order valence-electron chi connectivity index (χ1n) is 9.72. The van der Waals surface area contributed by atoms with Crippen LogP contribution in [-0.4, -0.2) is 53.0 Å². The number of benzene rings is 2. The highest BCUT2D eigenvalue weighted by Gasteiger charge is 2.24. The normalized spacial score (nSPS) is 15.3. The van der Waals surface area contributed by atoms with Gasteiger partial charge in [0.15, 0.2) is 11.5 Å². The maximum atomic E-state index is 12.4. The fourth-order valence-corrected chi connectivity index (χ4v) is 3.76. The Hall–Kier alpha value is -2.94. The molecule has 1 aliphatic rings. The van der Waals surface area contributed by atoms with Crippen LogP contribution in [0, 0.1) is 0 Å². The van der Waals surface area contributed by atoms with Crippen LogP contribution < -0.4 is 23.8 Å². The molecule has 0 spiro atoms. The predicted octanol–water partition coefficient (Wildman–Crippen LogP) is 2.20. The molecule has 0 aromatic heterocycles. The van der Waals surface area contributed by atoms with Crippen LogP contribution in [-0.2, 0) is 14.8 Å². The molecule has 1 heterocycles. The number of nitrogens with one attached hydrogen (secondary N) is 1. The lowest BCUT2D eigenvalue weighted by molar-refractivity contribution is -0.120. The molecule has 1 aliphatic heterocycles. The van der Waals surface area contributed by atoms with Crippen molar-refractivity contribution in [1.29, 1.82) is 0 Å². The van der Waals surface area contributed by atoms with Gasteiger partial charge in [0.2, 0.25) is 15.9 Å².